The van der Waals surface area contributed by atoms with Gasteiger partial charge in [-0.05, 0) is 25.7 Å². The Morgan fingerprint density at radius 1 is 1.47 bits per heavy atom. The van der Waals surface area contributed by atoms with Gasteiger partial charge in [0.25, 0.3) is 0 Å². The summed E-state index contributed by atoms with van der Waals surface area (Å²) in [5.74, 6) is 3.09. The molecule has 94 valence electrons. The summed E-state index contributed by atoms with van der Waals surface area (Å²) in [6.45, 7) is 2.93. The number of anilines is 1. The van der Waals surface area contributed by atoms with Gasteiger partial charge >= 0.3 is 0 Å². The molecule has 2 rings (SSSR count). The zero-order chi connectivity index (χ0) is 12.4. The van der Waals surface area contributed by atoms with Gasteiger partial charge in [-0.2, -0.15) is 4.98 Å². The molecule has 0 radical (unpaired) electrons. The minimum Gasteiger partial charge on any atom is -0.481 e. The number of hydrogen-bond donors (Lipinski definition) is 0. The predicted molar refractivity (Wildman–Crippen MR) is 72.0 cm³/mol. The molecule has 1 aromatic heterocycles. The summed E-state index contributed by atoms with van der Waals surface area (Å²) < 4.78 is 5.16. The fourth-order valence-electron chi connectivity index (χ4n) is 2.11. The first kappa shape index (κ1) is 12.6. The number of methoxy groups -OCH3 is 1. The topological polar surface area (TPSA) is 38.2 Å². The standard InChI is InChI=1S/C12H18BrN3O/c1-8-14-11(6-12(15-8)17-3)16(2)7-9-4-10(13)5-9/h6,9-10H,4-5,7H2,1-3H3. The van der Waals surface area contributed by atoms with Crippen LogP contribution in [0.5, 0.6) is 5.88 Å². The summed E-state index contributed by atoms with van der Waals surface area (Å²) in [6, 6.07) is 1.89. The molecule has 0 atom stereocenters. The highest BCUT2D eigenvalue weighted by molar-refractivity contribution is 9.09. The molecule has 1 fully saturated rings. The van der Waals surface area contributed by atoms with Crippen molar-refractivity contribution in [1.82, 2.24) is 9.97 Å². The van der Waals surface area contributed by atoms with E-state index in [1.165, 1.54) is 12.8 Å². The van der Waals surface area contributed by atoms with Crippen molar-refractivity contribution in [2.75, 3.05) is 25.6 Å². The highest BCUT2D eigenvalue weighted by Crippen LogP contribution is 2.34. The highest BCUT2D eigenvalue weighted by atomic mass is 79.9. The maximum absolute atomic E-state index is 5.16. The van der Waals surface area contributed by atoms with Crippen LogP contribution in [0.25, 0.3) is 0 Å². The van der Waals surface area contributed by atoms with Crippen molar-refractivity contribution in [1.29, 1.82) is 0 Å². The second kappa shape index (κ2) is 5.21. The summed E-state index contributed by atoms with van der Waals surface area (Å²) >= 11 is 3.62. The first-order chi connectivity index (χ1) is 8.08. The Bertz CT molecular complexity index is 393. The average Bonchev–Trinajstić information content (AvgIpc) is 2.26. The van der Waals surface area contributed by atoms with E-state index in [0.717, 1.165) is 24.1 Å². The number of hydrogen-bond acceptors (Lipinski definition) is 4. The molecule has 0 aliphatic heterocycles. The molecule has 5 heteroatoms. The third kappa shape index (κ3) is 3.09. The molecule has 0 N–H and O–H groups in total. The molecule has 1 aromatic rings. The summed E-state index contributed by atoms with van der Waals surface area (Å²) in [5.41, 5.74) is 0. The number of aromatic nitrogens is 2. The number of nitrogens with zero attached hydrogens (tertiary/aromatic N) is 3. The molecule has 1 saturated carbocycles. The van der Waals surface area contributed by atoms with Gasteiger partial charge < -0.3 is 9.64 Å². The second-order valence-electron chi connectivity index (χ2n) is 4.63. The number of halogens is 1. The quantitative estimate of drug-likeness (QED) is 0.800. The van der Waals surface area contributed by atoms with Gasteiger partial charge in [0.1, 0.15) is 11.6 Å². The van der Waals surface area contributed by atoms with E-state index in [4.69, 9.17) is 4.74 Å². The van der Waals surface area contributed by atoms with E-state index in [2.05, 4.69) is 37.8 Å². The highest BCUT2D eigenvalue weighted by Gasteiger charge is 2.28. The Hall–Kier alpha value is -0.840. The van der Waals surface area contributed by atoms with Crippen molar-refractivity contribution in [2.24, 2.45) is 5.92 Å². The van der Waals surface area contributed by atoms with Crippen molar-refractivity contribution < 1.29 is 4.74 Å². The molecule has 4 nitrogen and oxygen atoms in total. The van der Waals surface area contributed by atoms with Crippen molar-refractivity contribution in [3.05, 3.63) is 11.9 Å². The first-order valence-corrected chi connectivity index (χ1v) is 6.75. The Morgan fingerprint density at radius 3 is 2.76 bits per heavy atom. The van der Waals surface area contributed by atoms with Crippen molar-refractivity contribution in [3.8, 4) is 5.88 Å². The van der Waals surface area contributed by atoms with Crippen LogP contribution in [0.2, 0.25) is 0 Å². The largest absolute Gasteiger partial charge is 0.481 e. The molecule has 1 heterocycles. The summed E-state index contributed by atoms with van der Waals surface area (Å²) in [6.07, 6.45) is 2.51. The SMILES string of the molecule is COc1cc(N(C)CC2CC(Br)C2)nc(C)n1. The van der Waals surface area contributed by atoms with Gasteiger partial charge in [0.2, 0.25) is 5.88 Å². The molecular formula is C12H18BrN3O. The lowest BCUT2D eigenvalue weighted by Gasteiger charge is -2.34. The minimum absolute atomic E-state index is 0.631. The van der Waals surface area contributed by atoms with Crippen LogP contribution in [-0.4, -0.2) is 35.5 Å². The zero-order valence-electron chi connectivity index (χ0n) is 10.5. The molecule has 0 spiro atoms. The van der Waals surface area contributed by atoms with Crippen LogP contribution in [0.15, 0.2) is 6.07 Å². The summed E-state index contributed by atoms with van der Waals surface area (Å²) in [7, 11) is 3.70. The van der Waals surface area contributed by atoms with E-state index in [-0.39, 0.29) is 0 Å². The van der Waals surface area contributed by atoms with Crippen LogP contribution in [0, 0.1) is 12.8 Å². The normalized spacial score (nSPS) is 23.1. The number of alkyl halides is 1. The molecule has 1 aliphatic rings. The van der Waals surface area contributed by atoms with Crippen LogP contribution in [0.4, 0.5) is 5.82 Å². The fraction of sp³-hybridized carbons (Fsp3) is 0.667. The first-order valence-electron chi connectivity index (χ1n) is 5.83. The summed E-state index contributed by atoms with van der Waals surface area (Å²) in [4.78, 5) is 11.5. The Balaban J connectivity index is 2.02. The van der Waals surface area contributed by atoms with Crippen LogP contribution in [0.3, 0.4) is 0 Å². The number of ether oxygens (including phenoxy) is 1. The molecular weight excluding hydrogens is 282 g/mol. The van der Waals surface area contributed by atoms with E-state index >= 15 is 0 Å². The smallest absolute Gasteiger partial charge is 0.218 e. The monoisotopic (exact) mass is 299 g/mol. The van der Waals surface area contributed by atoms with E-state index in [9.17, 15) is 0 Å². The lowest BCUT2D eigenvalue weighted by Crippen LogP contribution is -2.35. The van der Waals surface area contributed by atoms with Crippen LogP contribution < -0.4 is 9.64 Å². The van der Waals surface area contributed by atoms with E-state index < -0.39 is 0 Å². The third-order valence-corrected chi connectivity index (χ3v) is 3.86. The molecule has 17 heavy (non-hydrogen) atoms. The number of rotatable bonds is 4. The van der Waals surface area contributed by atoms with E-state index in [1.54, 1.807) is 7.11 Å². The maximum Gasteiger partial charge on any atom is 0.218 e. The van der Waals surface area contributed by atoms with Gasteiger partial charge in [0.15, 0.2) is 0 Å². The maximum atomic E-state index is 5.16. The minimum atomic E-state index is 0.631. The molecule has 0 bridgehead atoms. The van der Waals surface area contributed by atoms with Gasteiger partial charge in [-0.1, -0.05) is 15.9 Å². The van der Waals surface area contributed by atoms with Gasteiger partial charge in [-0.15, -0.1) is 0 Å². The lowest BCUT2D eigenvalue weighted by molar-refractivity contribution is 0.338. The molecule has 0 amide bonds. The molecule has 1 aliphatic carbocycles. The van der Waals surface area contributed by atoms with Gasteiger partial charge in [0.05, 0.1) is 7.11 Å². The summed E-state index contributed by atoms with van der Waals surface area (Å²) in [5, 5.41) is 0. The Kier molecular flexibility index (Phi) is 3.86. The Morgan fingerprint density at radius 2 is 2.18 bits per heavy atom. The van der Waals surface area contributed by atoms with Crippen molar-refractivity contribution in [2.45, 2.75) is 24.6 Å². The lowest BCUT2D eigenvalue weighted by atomic mass is 9.85. The zero-order valence-corrected chi connectivity index (χ0v) is 12.1. The van der Waals surface area contributed by atoms with Crippen molar-refractivity contribution >= 4 is 21.7 Å². The molecule has 0 saturated heterocycles. The molecule has 0 aromatic carbocycles. The predicted octanol–water partition coefficient (Wildman–Crippen LogP) is 2.40. The fourth-order valence-corrected chi connectivity index (χ4v) is 3.17. The van der Waals surface area contributed by atoms with Gasteiger partial charge in [0, 0.05) is 24.5 Å². The van der Waals surface area contributed by atoms with E-state index in [0.29, 0.717) is 10.7 Å². The van der Waals surface area contributed by atoms with Crippen LogP contribution >= 0.6 is 15.9 Å². The van der Waals surface area contributed by atoms with E-state index in [1.807, 2.05) is 13.0 Å². The third-order valence-electron chi connectivity index (χ3n) is 3.11. The second-order valence-corrected chi connectivity index (χ2v) is 5.93. The van der Waals surface area contributed by atoms with Crippen LogP contribution in [0.1, 0.15) is 18.7 Å². The molecule has 0 unspecified atom stereocenters. The van der Waals surface area contributed by atoms with Gasteiger partial charge in [-0.25, -0.2) is 4.98 Å². The van der Waals surface area contributed by atoms with Gasteiger partial charge in [-0.3, -0.25) is 0 Å². The average molecular weight is 300 g/mol. The van der Waals surface area contributed by atoms with Crippen molar-refractivity contribution in [3.63, 3.8) is 0 Å². The number of aryl methyl sites for hydroxylation is 1. The Labute approximate surface area is 111 Å². The van der Waals surface area contributed by atoms with Crippen LogP contribution in [-0.2, 0) is 0 Å².